The number of benzene rings is 1. The summed E-state index contributed by atoms with van der Waals surface area (Å²) in [6.07, 6.45) is 5.40. The van der Waals surface area contributed by atoms with E-state index < -0.39 is 0 Å². The summed E-state index contributed by atoms with van der Waals surface area (Å²) in [4.78, 5) is 15.4. The molecular formula is C22H28N4O2. The SMILES string of the molecule is COc1cc2[nH]c3c(N4C[C@@]5(C)C[C@@H]4CC(C)(C)C5)ncnc3c2cc1OC. The highest BCUT2D eigenvalue weighted by Gasteiger charge is 2.50. The lowest BCUT2D eigenvalue weighted by Crippen LogP contribution is -2.35. The largest absolute Gasteiger partial charge is 0.493 e. The second kappa shape index (κ2) is 5.75. The average Bonchev–Trinajstić information content (AvgIpc) is 3.12. The van der Waals surface area contributed by atoms with Crippen molar-refractivity contribution in [1.29, 1.82) is 0 Å². The highest BCUT2D eigenvalue weighted by Crippen LogP contribution is 2.53. The van der Waals surface area contributed by atoms with Gasteiger partial charge in [0.2, 0.25) is 0 Å². The molecule has 6 heteroatoms. The van der Waals surface area contributed by atoms with E-state index in [0.29, 0.717) is 28.4 Å². The number of aromatic amines is 1. The zero-order valence-corrected chi connectivity index (χ0v) is 17.3. The van der Waals surface area contributed by atoms with Gasteiger partial charge in [-0.1, -0.05) is 20.8 Å². The maximum atomic E-state index is 5.49. The van der Waals surface area contributed by atoms with Crippen LogP contribution in [-0.4, -0.2) is 41.8 Å². The summed E-state index contributed by atoms with van der Waals surface area (Å²) in [6, 6.07) is 4.51. The number of aromatic nitrogens is 3. The van der Waals surface area contributed by atoms with Gasteiger partial charge in [-0.15, -0.1) is 0 Å². The minimum absolute atomic E-state index is 0.349. The van der Waals surface area contributed by atoms with Crippen LogP contribution in [0.2, 0.25) is 0 Å². The Labute approximate surface area is 165 Å². The van der Waals surface area contributed by atoms with Crippen LogP contribution < -0.4 is 14.4 Å². The number of methoxy groups -OCH3 is 2. The first-order valence-corrected chi connectivity index (χ1v) is 9.98. The van der Waals surface area contributed by atoms with Crippen molar-refractivity contribution < 1.29 is 9.47 Å². The molecule has 1 aliphatic heterocycles. The molecule has 1 aromatic carbocycles. The Morgan fingerprint density at radius 2 is 1.82 bits per heavy atom. The molecule has 1 aliphatic carbocycles. The van der Waals surface area contributed by atoms with Gasteiger partial charge in [-0.2, -0.15) is 0 Å². The third-order valence-corrected chi connectivity index (χ3v) is 6.55. The fraction of sp³-hybridized carbons (Fsp3) is 0.545. The number of anilines is 1. The van der Waals surface area contributed by atoms with Crippen LogP contribution >= 0.6 is 0 Å². The van der Waals surface area contributed by atoms with Gasteiger partial charge in [-0.05, 0) is 36.2 Å². The van der Waals surface area contributed by atoms with Crippen LogP contribution in [-0.2, 0) is 0 Å². The van der Waals surface area contributed by atoms with Crippen LogP contribution in [0.1, 0.15) is 40.0 Å². The number of hydrogen-bond donors (Lipinski definition) is 1. The molecule has 0 radical (unpaired) electrons. The number of hydrogen-bond acceptors (Lipinski definition) is 5. The fourth-order valence-electron chi connectivity index (χ4n) is 5.93. The number of H-pyrrole nitrogens is 1. The molecule has 0 unspecified atom stereocenters. The molecule has 2 aliphatic rings. The van der Waals surface area contributed by atoms with E-state index in [2.05, 4.69) is 35.6 Å². The zero-order valence-electron chi connectivity index (χ0n) is 17.3. The molecule has 5 rings (SSSR count). The highest BCUT2D eigenvalue weighted by atomic mass is 16.5. The number of ether oxygens (including phenoxy) is 2. The Kier molecular flexibility index (Phi) is 3.61. The summed E-state index contributed by atoms with van der Waals surface area (Å²) >= 11 is 0. The molecule has 6 nitrogen and oxygen atoms in total. The van der Waals surface area contributed by atoms with Crippen molar-refractivity contribution in [2.45, 2.75) is 46.1 Å². The first-order chi connectivity index (χ1) is 13.3. The molecule has 2 bridgehead atoms. The predicted octanol–water partition coefficient (Wildman–Crippen LogP) is 4.53. The molecule has 2 aromatic heterocycles. The predicted molar refractivity (Wildman–Crippen MR) is 111 cm³/mol. The van der Waals surface area contributed by atoms with Gasteiger partial charge in [0.25, 0.3) is 0 Å². The van der Waals surface area contributed by atoms with Gasteiger partial charge >= 0.3 is 0 Å². The van der Waals surface area contributed by atoms with Gasteiger partial charge < -0.3 is 19.4 Å². The van der Waals surface area contributed by atoms with Crippen molar-refractivity contribution in [3.05, 3.63) is 18.5 Å². The summed E-state index contributed by atoms with van der Waals surface area (Å²) in [5.41, 5.74) is 3.65. The Hall–Kier alpha value is -2.50. The van der Waals surface area contributed by atoms with Crippen LogP contribution in [0.25, 0.3) is 21.9 Å². The van der Waals surface area contributed by atoms with Gasteiger partial charge in [0.1, 0.15) is 17.4 Å². The van der Waals surface area contributed by atoms with Crippen LogP contribution in [0.4, 0.5) is 5.82 Å². The number of nitrogens with one attached hydrogen (secondary N) is 1. The Morgan fingerprint density at radius 1 is 1.07 bits per heavy atom. The van der Waals surface area contributed by atoms with E-state index in [9.17, 15) is 0 Å². The standard InChI is InChI=1S/C22H28N4O2/c1-21(2)8-13-9-22(3,10-21)11-26(13)20-19-18(23-12-24-20)14-6-16(27-4)17(28-5)7-15(14)25-19/h6-7,12-13,25H,8-11H2,1-5H3/t13-,22-/m0/s1. The molecule has 1 saturated carbocycles. The lowest BCUT2D eigenvalue weighted by atomic mass is 9.65. The highest BCUT2D eigenvalue weighted by molar-refractivity contribution is 6.09. The molecular weight excluding hydrogens is 352 g/mol. The van der Waals surface area contributed by atoms with Crippen molar-refractivity contribution in [2.75, 3.05) is 25.7 Å². The maximum Gasteiger partial charge on any atom is 0.162 e. The maximum absolute atomic E-state index is 5.49. The van der Waals surface area contributed by atoms with Crippen molar-refractivity contribution in [3.63, 3.8) is 0 Å². The Balaban J connectivity index is 1.67. The topological polar surface area (TPSA) is 63.3 Å². The first-order valence-electron chi connectivity index (χ1n) is 9.98. The second-order valence-electron chi connectivity index (χ2n) is 9.64. The summed E-state index contributed by atoms with van der Waals surface area (Å²) in [5.74, 6) is 2.44. The monoisotopic (exact) mass is 380 g/mol. The van der Waals surface area contributed by atoms with E-state index in [1.54, 1.807) is 20.5 Å². The van der Waals surface area contributed by atoms with E-state index in [0.717, 1.165) is 34.3 Å². The summed E-state index contributed by atoms with van der Waals surface area (Å²) in [5, 5.41) is 1.03. The van der Waals surface area contributed by atoms with Gasteiger partial charge in [0, 0.05) is 24.0 Å². The molecule has 3 heterocycles. The smallest absolute Gasteiger partial charge is 0.162 e. The number of nitrogens with zero attached hydrogens (tertiary/aromatic N) is 3. The van der Waals surface area contributed by atoms with Crippen LogP contribution in [0.3, 0.4) is 0 Å². The van der Waals surface area contributed by atoms with E-state index in [-0.39, 0.29) is 0 Å². The van der Waals surface area contributed by atoms with Gasteiger partial charge in [-0.25, -0.2) is 9.97 Å². The zero-order chi connectivity index (χ0) is 19.7. The molecule has 0 spiro atoms. The van der Waals surface area contributed by atoms with E-state index in [1.165, 1.54) is 19.3 Å². The number of fused-ring (bicyclic) bond motifs is 5. The lowest BCUT2D eigenvalue weighted by molar-refractivity contribution is 0.136. The van der Waals surface area contributed by atoms with Crippen LogP contribution in [0.15, 0.2) is 18.5 Å². The van der Waals surface area contributed by atoms with E-state index in [1.807, 2.05) is 12.1 Å². The minimum Gasteiger partial charge on any atom is -0.493 e. The Bertz CT molecular complexity index is 1070. The summed E-state index contributed by atoms with van der Waals surface area (Å²) in [7, 11) is 3.32. The Morgan fingerprint density at radius 3 is 2.57 bits per heavy atom. The van der Waals surface area contributed by atoms with Gasteiger partial charge in [0.05, 0.1) is 19.7 Å². The van der Waals surface area contributed by atoms with Crippen molar-refractivity contribution in [3.8, 4) is 11.5 Å². The fourth-order valence-corrected chi connectivity index (χ4v) is 5.93. The molecule has 1 saturated heterocycles. The van der Waals surface area contributed by atoms with E-state index >= 15 is 0 Å². The van der Waals surface area contributed by atoms with E-state index in [4.69, 9.17) is 14.5 Å². The lowest BCUT2D eigenvalue weighted by Gasteiger charge is -2.39. The van der Waals surface area contributed by atoms with Crippen molar-refractivity contribution in [2.24, 2.45) is 10.8 Å². The quantitative estimate of drug-likeness (QED) is 0.723. The molecule has 2 atom stereocenters. The molecule has 0 amide bonds. The normalized spacial score (nSPS) is 26.2. The third-order valence-electron chi connectivity index (χ3n) is 6.55. The molecule has 1 N–H and O–H groups in total. The van der Waals surface area contributed by atoms with Crippen molar-refractivity contribution in [1.82, 2.24) is 15.0 Å². The van der Waals surface area contributed by atoms with Crippen LogP contribution in [0.5, 0.6) is 11.5 Å². The second-order valence-corrected chi connectivity index (χ2v) is 9.64. The summed E-state index contributed by atoms with van der Waals surface area (Å²) < 4.78 is 11.0. The number of rotatable bonds is 3. The molecule has 3 aromatic rings. The average molecular weight is 380 g/mol. The molecule has 28 heavy (non-hydrogen) atoms. The van der Waals surface area contributed by atoms with Crippen molar-refractivity contribution >= 4 is 27.8 Å². The molecule has 2 fully saturated rings. The third kappa shape index (κ3) is 2.54. The van der Waals surface area contributed by atoms with Crippen LogP contribution in [0, 0.1) is 10.8 Å². The summed E-state index contributed by atoms with van der Waals surface area (Å²) in [6.45, 7) is 8.28. The van der Waals surface area contributed by atoms with Gasteiger partial charge in [0.15, 0.2) is 17.3 Å². The first kappa shape index (κ1) is 17.6. The van der Waals surface area contributed by atoms with Gasteiger partial charge in [-0.3, -0.25) is 0 Å². The minimum atomic E-state index is 0.349. The molecule has 148 valence electrons.